The summed E-state index contributed by atoms with van der Waals surface area (Å²) < 4.78 is 5.58. The van der Waals surface area contributed by atoms with Crippen molar-refractivity contribution in [2.45, 2.75) is 18.9 Å². The lowest BCUT2D eigenvalue weighted by molar-refractivity contribution is 0.280. The van der Waals surface area contributed by atoms with Crippen LogP contribution in [-0.4, -0.2) is 36.6 Å². The van der Waals surface area contributed by atoms with Gasteiger partial charge in [-0.1, -0.05) is 6.07 Å². The monoisotopic (exact) mass is 221 g/mol. The summed E-state index contributed by atoms with van der Waals surface area (Å²) >= 11 is 0. The van der Waals surface area contributed by atoms with Gasteiger partial charge in [0.15, 0.2) is 0 Å². The van der Waals surface area contributed by atoms with Gasteiger partial charge in [-0.2, -0.15) is 0 Å². The van der Waals surface area contributed by atoms with Crippen molar-refractivity contribution in [3.8, 4) is 5.88 Å². The molecule has 0 saturated carbocycles. The molecule has 0 aromatic carbocycles. The van der Waals surface area contributed by atoms with E-state index < -0.39 is 0 Å². The van der Waals surface area contributed by atoms with Crippen LogP contribution in [0.3, 0.4) is 0 Å². The first kappa shape index (κ1) is 11.4. The van der Waals surface area contributed by atoms with Crippen LogP contribution in [0.2, 0.25) is 0 Å². The van der Waals surface area contributed by atoms with Gasteiger partial charge in [-0.3, -0.25) is 4.90 Å². The topological polar surface area (TPSA) is 51.4 Å². The third-order valence-corrected chi connectivity index (χ3v) is 3.04. The van der Waals surface area contributed by atoms with Gasteiger partial charge >= 0.3 is 0 Å². The Morgan fingerprint density at radius 2 is 2.50 bits per heavy atom. The Morgan fingerprint density at radius 1 is 1.62 bits per heavy atom. The second kappa shape index (κ2) is 5.27. The zero-order valence-corrected chi connectivity index (χ0v) is 9.72. The van der Waals surface area contributed by atoms with Gasteiger partial charge in [-0.25, -0.2) is 4.98 Å². The summed E-state index contributed by atoms with van der Waals surface area (Å²) in [6.07, 6.45) is 4.19. The van der Waals surface area contributed by atoms with Crippen LogP contribution in [-0.2, 0) is 0 Å². The summed E-state index contributed by atoms with van der Waals surface area (Å²) in [7, 11) is 2.15. The van der Waals surface area contributed by atoms with E-state index in [0.717, 1.165) is 12.4 Å². The zero-order valence-electron chi connectivity index (χ0n) is 9.72. The molecule has 0 radical (unpaired) electrons. The van der Waals surface area contributed by atoms with E-state index in [1.165, 1.54) is 18.4 Å². The molecule has 0 unspecified atom stereocenters. The average molecular weight is 221 g/mol. The highest BCUT2D eigenvalue weighted by Gasteiger charge is 2.25. The second-order valence-electron chi connectivity index (χ2n) is 4.17. The van der Waals surface area contributed by atoms with Crippen molar-refractivity contribution in [2.24, 2.45) is 5.73 Å². The number of pyridine rings is 1. The fourth-order valence-corrected chi connectivity index (χ4v) is 2.24. The number of hydrogen-bond donors (Lipinski definition) is 1. The maximum Gasteiger partial charge on any atom is 0.218 e. The van der Waals surface area contributed by atoms with E-state index in [0.29, 0.717) is 19.2 Å². The molecule has 2 N–H and O–H groups in total. The molecular weight excluding hydrogens is 202 g/mol. The van der Waals surface area contributed by atoms with Gasteiger partial charge in [0.1, 0.15) is 6.61 Å². The molecule has 1 aromatic rings. The van der Waals surface area contributed by atoms with Gasteiger partial charge in [0.25, 0.3) is 0 Å². The van der Waals surface area contributed by atoms with E-state index in [-0.39, 0.29) is 0 Å². The fraction of sp³-hybridized carbons (Fsp3) is 0.583. The lowest BCUT2D eigenvalue weighted by atomic mass is 10.1. The van der Waals surface area contributed by atoms with Crippen LogP contribution in [0, 0.1) is 0 Å². The van der Waals surface area contributed by atoms with Crippen molar-refractivity contribution < 1.29 is 4.74 Å². The molecule has 2 heterocycles. The Balaban J connectivity index is 2.18. The summed E-state index contributed by atoms with van der Waals surface area (Å²) in [5.74, 6) is 0.742. The van der Waals surface area contributed by atoms with Gasteiger partial charge in [-0.05, 0) is 32.5 Å². The number of nitrogens with two attached hydrogens (primary N) is 1. The average Bonchev–Trinajstić information content (AvgIpc) is 2.73. The molecule has 1 atom stereocenters. The van der Waals surface area contributed by atoms with Crippen LogP contribution in [0.4, 0.5) is 0 Å². The second-order valence-corrected chi connectivity index (χ2v) is 4.17. The fourth-order valence-electron chi connectivity index (χ4n) is 2.24. The Bertz CT molecular complexity index is 343. The molecule has 1 aliphatic rings. The van der Waals surface area contributed by atoms with E-state index in [2.05, 4.69) is 23.0 Å². The SMILES string of the molecule is CN1CCC[C@H]1c1cccnc1OCCN. The van der Waals surface area contributed by atoms with Crippen LogP contribution >= 0.6 is 0 Å². The molecule has 88 valence electrons. The van der Waals surface area contributed by atoms with Crippen molar-refractivity contribution in [1.82, 2.24) is 9.88 Å². The predicted molar refractivity (Wildman–Crippen MR) is 63.4 cm³/mol. The minimum absolute atomic E-state index is 0.446. The van der Waals surface area contributed by atoms with Gasteiger partial charge < -0.3 is 10.5 Å². The number of likely N-dealkylation sites (tertiary alicyclic amines) is 1. The standard InChI is InChI=1S/C12H19N3O/c1-15-8-3-5-11(15)10-4-2-7-14-12(10)16-9-6-13/h2,4,7,11H,3,5-6,8-9,13H2,1H3/t11-/m0/s1. The first-order chi connectivity index (χ1) is 7.83. The normalized spacial score (nSPS) is 21.2. The molecule has 4 heteroatoms. The van der Waals surface area contributed by atoms with Crippen molar-refractivity contribution in [3.05, 3.63) is 23.9 Å². The molecule has 0 bridgehead atoms. The predicted octanol–water partition coefficient (Wildman–Crippen LogP) is 1.19. The molecule has 1 saturated heterocycles. The molecule has 1 fully saturated rings. The summed E-state index contributed by atoms with van der Waals surface area (Å²) in [5.41, 5.74) is 6.63. The lowest BCUT2D eigenvalue weighted by Gasteiger charge is -2.21. The van der Waals surface area contributed by atoms with E-state index in [1.807, 2.05) is 6.07 Å². The van der Waals surface area contributed by atoms with Crippen LogP contribution in [0.25, 0.3) is 0 Å². The number of ether oxygens (including phenoxy) is 1. The Morgan fingerprint density at radius 3 is 3.19 bits per heavy atom. The summed E-state index contributed by atoms with van der Waals surface area (Å²) in [6, 6.07) is 4.52. The molecule has 1 aromatic heterocycles. The minimum Gasteiger partial charge on any atom is -0.476 e. The van der Waals surface area contributed by atoms with Crippen molar-refractivity contribution in [2.75, 3.05) is 26.7 Å². The quantitative estimate of drug-likeness (QED) is 0.829. The van der Waals surface area contributed by atoms with E-state index in [9.17, 15) is 0 Å². The highest BCUT2D eigenvalue weighted by Crippen LogP contribution is 2.34. The third-order valence-electron chi connectivity index (χ3n) is 3.04. The van der Waals surface area contributed by atoms with Gasteiger partial charge in [0, 0.05) is 24.3 Å². The Labute approximate surface area is 96.4 Å². The molecule has 2 rings (SSSR count). The zero-order chi connectivity index (χ0) is 11.4. The molecule has 0 amide bonds. The highest BCUT2D eigenvalue weighted by atomic mass is 16.5. The van der Waals surface area contributed by atoms with E-state index >= 15 is 0 Å². The van der Waals surface area contributed by atoms with Crippen LogP contribution < -0.4 is 10.5 Å². The maximum absolute atomic E-state index is 5.58. The maximum atomic E-state index is 5.58. The molecule has 0 spiro atoms. The molecule has 0 aliphatic carbocycles. The summed E-state index contributed by atoms with van der Waals surface area (Å²) in [6.45, 7) is 2.20. The number of hydrogen-bond acceptors (Lipinski definition) is 4. The first-order valence-corrected chi connectivity index (χ1v) is 5.81. The van der Waals surface area contributed by atoms with Crippen LogP contribution in [0.1, 0.15) is 24.4 Å². The minimum atomic E-state index is 0.446. The molecule has 1 aliphatic heterocycles. The number of nitrogens with zero attached hydrogens (tertiary/aromatic N) is 2. The highest BCUT2D eigenvalue weighted by molar-refractivity contribution is 5.29. The third kappa shape index (κ3) is 2.33. The smallest absolute Gasteiger partial charge is 0.218 e. The summed E-state index contributed by atoms with van der Waals surface area (Å²) in [5, 5.41) is 0. The Hall–Kier alpha value is -1.13. The van der Waals surface area contributed by atoms with E-state index in [4.69, 9.17) is 10.5 Å². The number of rotatable bonds is 4. The Kier molecular flexibility index (Phi) is 3.74. The van der Waals surface area contributed by atoms with Gasteiger partial charge in [0.05, 0.1) is 0 Å². The van der Waals surface area contributed by atoms with Crippen LogP contribution in [0.5, 0.6) is 5.88 Å². The largest absolute Gasteiger partial charge is 0.476 e. The van der Waals surface area contributed by atoms with Gasteiger partial charge in [0.2, 0.25) is 5.88 Å². The van der Waals surface area contributed by atoms with Crippen LogP contribution in [0.15, 0.2) is 18.3 Å². The molecule has 4 nitrogen and oxygen atoms in total. The van der Waals surface area contributed by atoms with Crippen molar-refractivity contribution in [1.29, 1.82) is 0 Å². The summed E-state index contributed by atoms with van der Waals surface area (Å²) in [4.78, 5) is 6.64. The molecular formula is C12H19N3O. The number of aromatic nitrogens is 1. The first-order valence-electron chi connectivity index (χ1n) is 5.81. The lowest BCUT2D eigenvalue weighted by Crippen LogP contribution is -2.19. The van der Waals surface area contributed by atoms with Crippen molar-refractivity contribution in [3.63, 3.8) is 0 Å². The van der Waals surface area contributed by atoms with E-state index in [1.54, 1.807) is 6.20 Å². The van der Waals surface area contributed by atoms with Gasteiger partial charge in [-0.15, -0.1) is 0 Å². The molecule has 16 heavy (non-hydrogen) atoms. The van der Waals surface area contributed by atoms with Crippen molar-refractivity contribution >= 4 is 0 Å².